The van der Waals surface area contributed by atoms with E-state index in [0.29, 0.717) is 28.7 Å². The second-order valence-electron chi connectivity index (χ2n) is 7.21. The van der Waals surface area contributed by atoms with Crippen molar-refractivity contribution in [2.24, 2.45) is 0 Å². The summed E-state index contributed by atoms with van der Waals surface area (Å²) in [5.74, 6) is 0.692. The van der Waals surface area contributed by atoms with Gasteiger partial charge in [-0.1, -0.05) is 32.0 Å². The van der Waals surface area contributed by atoms with Gasteiger partial charge in [-0.15, -0.1) is 0 Å². The Hall–Kier alpha value is -3.26. The second-order valence-corrected chi connectivity index (χ2v) is 8.20. The second kappa shape index (κ2) is 8.23. The van der Waals surface area contributed by atoms with Crippen LogP contribution in [-0.4, -0.2) is 35.3 Å². The van der Waals surface area contributed by atoms with E-state index in [1.807, 2.05) is 12.1 Å². The Morgan fingerprint density at radius 3 is 2.60 bits per heavy atom. The number of anilines is 1. The van der Waals surface area contributed by atoms with E-state index in [1.165, 1.54) is 0 Å². The van der Waals surface area contributed by atoms with Crippen molar-refractivity contribution in [3.63, 3.8) is 0 Å². The van der Waals surface area contributed by atoms with Gasteiger partial charge in [0.1, 0.15) is 6.54 Å². The Morgan fingerprint density at radius 2 is 1.87 bits per heavy atom. The zero-order chi connectivity index (χ0) is 21.3. The summed E-state index contributed by atoms with van der Waals surface area (Å²) in [6.45, 7) is 3.99. The third-order valence-corrected chi connectivity index (χ3v) is 5.64. The lowest BCUT2D eigenvalue weighted by molar-refractivity contribution is -0.127. The van der Waals surface area contributed by atoms with Gasteiger partial charge in [-0.05, 0) is 59.1 Å². The van der Waals surface area contributed by atoms with Gasteiger partial charge in [0, 0.05) is 5.69 Å². The Morgan fingerprint density at radius 1 is 1.13 bits per heavy atom. The fraction of sp³-hybridized carbons (Fsp3) is 0.227. The molecule has 2 aromatic rings. The minimum absolute atomic E-state index is 0.157. The molecule has 0 atom stereocenters. The van der Waals surface area contributed by atoms with E-state index in [-0.39, 0.29) is 18.2 Å². The first kappa shape index (κ1) is 20.0. The lowest BCUT2D eigenvalue weighted by Crippen LogP contribution is -2.36. The standard InChI is InChI=1S/C22H20N2O5S/c1-13(2)15-4-6-16(7-5-15)23-20(25)11-24-21(26)19(30-22(24)27)10-14-3-8-17-18(9-14)29-12-28-17/h3-10,13H,11-12H2,1-2H3,(H,23,25)/b19-10+. The largest absolute Gasteiger partial charge is 0.454 e. The molecule has 0 saturated carbocycles. The lowest BCUT2D eigenvalue weighted by atomic mass is 10.0. The summed E-state index contributed by atoms with van der Waals surface area (Å²) < 4.78 is 10.6. The van der Waals surface area contributed by atoms with Crippen LogP contribution in [0.25, 0.3) is 6.08 Å². The van der Waals surface area contributed by atoms with E-state index in [4.69, 9.17) is 9.47 Å². The molecule has 0 radical (unpaired) electrons. The van der Waals surface area contributed by atoms with Gasteiger partial charge in [0.25, 0.3) is 11.1 Å². The first-order valence-corrected chi connectivity index (χ1v) is 10.3. The van der Waals surface area contributed by atoms with Crippen LogP contribution in [0.1, 0.15) is 30.9 Å². The fourth-order valence-corrected chi connectivity index (χ4v) is 3.92. The first-order valence-electron chi connectivity index (χ1n) is 9.45. The zero-order valence-electron chi connectivity index (χ0n) is 16.5. The number of benzene rings is 2. The lowest BCUT2D eigenvalue weighted by Gasteiger charge is -2.13. The Kier molecular flexibility index (Phi) is 5.50. The van der Waals surface area contributed by atoms with E-state index in [0.717, 1.165) is 22.2 Å². The maximum atomic E-state index is 12.6. The molecule has 1 fully saturated rings. The van der Waals surface area contributed by atoms with Gasteiger partial charge in [-0.25, -0.2) is 0 Å². The number of nitrogens with one attached hydrogen (secondary N) is 1. The smallest absolute Gasteiger partial charge is 0.294 e. The number of amides is 3. The Labute approximate surface area is 178 Å². The molecule has 0 unspecified atom stereocenters. The summed E-state index contributed by atoms with van der Waals surface area (Å²) in [5, 5.41) is 2.25. The molecule has 0 spiro atoms. The van der Waals surface area contributed by atoms with Crippen LogP contribution < -0.4 is 14.8 Å². The van der Waals surface area contributed by atoms with Crippen molar-refractivity contribution in [1.29, 1.82) is 0 Å². The molecule has 4 rings (SSSR count). The molecule has 8 heteroatoms. The van der Waals surface area contributed by atoms with E-state index in [1.54, 1.807) is 36.4 Å². The maximum absolute atomic E-state index is 12.6. The van der Waals surface area contributed by atoms with Crippen molar-refractivity contribution in [3.8, 4) is 11.5 Å². The minimum atomic E-state index is -0.493. The number of imide groups is 1. The maximum Gasteiger partial charge on any atom is 0.294 e. The van der Waals surface area contributed by atoms with E-state index >= 15 is 0 Å². The van der Waals surface area contributed by atoms with Gasteiger partial charge in [0.2, 0.25) is 12.7 Å². The number of hydrogen-bond acceptors (Lipinski definition) is 6. The normalized spacial score (nSPS) is 16.6. The van der Waals surface area contributed by atoms with Crippen LogP contribution >= 0.6 is 11.8 Å². The molecule has 2 aliphatic rings. The van der Waals surface area contributed by atoms with Crippen LogP contribution in [0.3, 0.4) is 0 Å². The molecule has 1 saturated heterocycles. The molecule has 154 valence electrons. The zero-order valence-corrected chi connectivity index (χ0v) is 17.3. The number of carbonyl (C=O) groups is 3. The Balaban J connectivity index is 1.41. The molecule has 2 heterocycles. The number of fused-ring (bicyclic) bond motifs is 1. The number of carbonyl (C=O) groups excluding carboxylic acids is 3. The van der Waals surface area contributed by atoms with Crippen molar-refractivity contribution in [1.82, 2.24) is 4.90 Å². The third kappa shape index (κ3) is 4.18. The van der Waals surface area contributed by atoms with Gasteiger partial charge in [0.05, 0.1) is 4.91 Å². The summed E-state index contributed by atoms with van der Waals surface area (Å²) >= 11 is 0.810. The van der Waals surface area contributed by atoms with E-state index in [9.17, 15) is 14.4 Å². The molecule has 0 aliphatic carbocycles. The molecule has 2 aromatic carbocycles. The van der Waals surface area contributed by atoms with Crippen molar-refractivity contribution in [2.75, 3.05) is 18.7 Å². The number of thioether (sulfide) groups is 1. The van der Waals surface area contributed by atoms with Crippen LogP contribution in [0, 0.1) is 0 Å². The first-order chi connectivity index (χ1) is 14.4. The summed E-state index contributed by atoms with van der Waals surface area (Å²) in [6.07, 6.45) is 1.61. The summed E-state index contributed by atoms with van der Waals surface area (Å²) in [6, 6.07) is 12.7. The molecule has 0 bridgehead atoms. The molecule has 0 aromatic heterocycles. The Bertz CT molecular complexity index is 1050. The highest BCUT2D eigenvalue weighted by molar-refractivity contribution is 8.18. The molecule has 7 nitrogen and oxygen atoms in total. The van der Waals surface area contributed by atoms with Gasteiger partial charge in [0.15, 0.2) is 11.5 Å². The van der Waals surface area contributed by atoms with Crippen LogP contribution in [0.2, 0.25) is 0 Å². The van der Waals surface area contributed by atoms with Crippen LogP contribution in [0.4, 0.5) is 10.5 Å². The van der Waals surface area contributed by atoms with Gasteiger partial charge in [-0.3, -0.25) is 19.3 Å². The van der Waals surface area contributed by atoms with Gasteiger partial charge < -0.3 is 14.8 Å². The van der Waals surface area contributed by atoms with Crippen molar-refractivity contribution in [3.05, 3.63) is 58.5 Å². The molecular formula is C22H20N2O5S. The van der Waals surface area contributed by atoms with Crippen LogP contribution in [0.5, 0.6) is 11.5 Å². The number of ether oxygens (including phenoxy) is 2. The SMILES string of the molecule is CC(C)c1ccc(NC(=O)CN2C(=O)S/C(=C/c3ccc4c(c3)OCO4)C2=O)cc1. The van der Waals surface area contributed by atoms with Crippen molar-refractivity contribution < 1.29 is 23.9 Å². The quantitative estimate of drug-likeness (QED) is 0.724. The van der Waals surface area contributed by atoms with Crippen molar-refractivity contribution >= 4 is 40.6 Å². The molecule has 1 N–H and O–H groups in total. The summed E-state index contributed by atoms with van der Waals surface area (Å²) in [7, 11) is 0. The molecule has 2 aliphatic heterocycles. The minimum Gasteiger partial charge on any atom is -0.454 e. The van der Waals surface area contributed by atoms with Gasteiger partial charge in [-0.2, -0.15) is 0 Å². The third-order valence-electron chi connectivity index (χ3n) is 4.73. The predicted molar refractivity (Wildman–Crippen MR) is 114 cm³/mol. The average molecular weight is 424 g/mol. The van der Waals surface area contributed by atoms with Crippen LogP contribution in [0.15, 0.2) is 47.4 Å². The van der Waals surface area contributed by atoms with Crippen molar-refractivity contribution in [2.45, 2.75) is 19.8 Å². The number of nitrogens with zero attached hydrogens (tertiary/aromatic N) is 1. The molecule has 3 amide bonds. The van der Waals surface area contributed by atoms with Gasteiger partial charge >= 0.3 is 0 Å². The predicted octanol–water partition coefficient (Wildman–Crippen LogP) is 4.21. The highest BCUT2D eigenvalue weighted by atomic mass is 32.2. The highest BCUT2D eigenvalue weighted by Gasteiger charge is 2.36. The summed E-state index contributed by atoms with van der Waals surface area (Å²) in [5.41, 5.74) is 2.49. The summed E-state index contributed by atoms with van der Waals surface area (Å²) in [4.78, 5) is 38.5. The highest BCUT2D eigenvalue weighted by Crippen LogP contribution is 2.36. The molecule has 30 heavy (non-hydrogen) atoms. The number of rotatable bonds is 5. The number of hydrogen-bond donors (Lipinski definition) is 1. The molecular weight excluding hydrogens is 404 g/mol. The van der Waals surface area contributed by atoms with E-state index < -0.39 is 17.1 Å². The fourth-order valence-electron chi connectivity index (χ4n) is 3.09. The monoisotopic (exact) mass is 424 g/mol. The van der Waals surface area contributed by atoms with Crippen LogP contribution in [-0.2, 0) is 9.59 Å². The topological polar surface area (TPSA) is 84.9 Å². The average Bonchev–Trinajstić information content (AvgIpc) is 3.28. The van der Waals surface area contributed by atoms with E-state index in [2.05, 4.69) is 19.2 Å².